The van der Waals surface area contributed by atoms with Crippen LogP contribution in [0.5, 0.6) is 0 Å². The number of hydrogen-bond donors (Lipinski definition) is 1. The van der Waals surface area contributed by atoms with Gasteiger partial charge in [-0.05, 0) is 82.9 Å². The van der Waals surface area contributed by atoms with Crippen molar-refractivity contribution in [2.75, 3.05) is 13.1 Å². The van der Waals surface area contributed by atoms with Crippen molar-refractivity contribution in [3.63, 3.8) is 0 Å². The van der Waals surface area contributed by atoms with Crippen molar-refractivity contribution in [2.45, 2.75) is 52.9 Å². The zero-order valence-electron chi connectivity index (χ0n) is 13.2. The molecule has 1 heterocycles. The summed E-state index contributed by atoms with van der Waals surface area (Å²) in [7, 11) is 0. The zero-order chi connectivity index (χ0) is 14.8. The van der Waals surface area contributed by atoms with E-state index < -0.39 is 0 Å². The Labute approximate surface area is 136 Å². The minimum atomic E-state index is 0.489. The second-order valence-electron chi connectivity index (χ2n) is 7.46. The van der Waals surface area contributed by atoms with E-state index in [4.69, 9.17) is 0 Å². The van der Waals surface area contributed by atoms with Gasteiger partial charge in [0.1, 0.15) is 0 Å². The lowest BCUT2D eigenvalue weighted by molar-refractivity contribution is 0.160. The Morgan fingerprint density at radius 2 is 2.20 bits per heavy atom. The first-order valence-electron chi connectivity index (χ1n) is 7.82. The Morgan fingerprint density at radius 3 is 2.80 bits per heavy atom. The van der Waals surface area contributed by atoms with Crippen LogP contribution in [0.15, 0.2) is 15.9 Å². The van der Waals surface area contributed by atoms with E-state index in [2.05, 4.69) is 60.4 Å². The molecule has 114 valence electrons. The van der Waals surface area contributed by atoms with Crippen molar-refractivity contribution in [1.29, 1.82) is 0 Å². The summed E-state index contributed by atoms with van der Waals surface area (Å²) in [6.07, 6.45) is 4.04. The summed E-state index contributed by atoms with van der Waals surface area (Å²) in [6, 6.07) is 2.21. The summed E-state index contributed by atoms with van der Waals surface area (Å²) in [5.41, 5.74) is 0.489. The van der Waals surface area contributed by atoms with E-state index in [1.165, 1.54) is 30.3 Å². The van der Waals surface area contributed by atoms with Crippen LogP contribution in [0.1, 0.15) is 57.8 Å². The van der Waals surface area contributed by atoms with Crippen LogP contribution in [0.25, 0.3) is 0 Å². The SMILES string of the molecule is CC(C)CNCC1CCC(C)(C)CC1c1sccc1Br. The van der Waals surface area contributed by atoms with Crippen molar-refractivity contribution < 1.29 is 0 Å². The van der Waals surface area contributed by atoms with Crippen LogP contribution in [0.3, 0.4) is 0 Å². The Morgan fingerprint density at radius 1 is 1.45 bits per heavy atom. The number of hydrogen-bond acceptors (Lipinski definition) is 2. The number of halogens is 1. The maximum absolute atomic E-state index is 3.75. The molecule has 3 heteroatoms. The maximum Gasteiger partial charge on any atom is 0.0317 e. The molecule has 1 aromatic rings. The summed E-state index contributed by atoms with van der Waals surface area (Å²) in [6.45, 7) is 11.7. The third-order valence-corrected chi connectivity index (χ3v) is 6.48. The van der Waals surface area contributed by atoms with Crippen LogP contribution in [0.4, 0.5) is 0 Å². The molecule has 1 aliphatic rings. The van der Waals surface area contributed by atoms with Gasteiger partial charge in [-0.1, -0.05) is 27.7 Å². The lowest BCUT2D eigenvalue weighted by Crippen LogP contribution is -2.35. The highest BCUT2D eigenvalue weighted by atomic mass is 79.9. The molecule has 0 amide bonds. The largest absolute Gasteiger partial charge is 0.316 e. The number of thiophene rings is 1. The summed E-state index contributed by atoms with van der Waals surface area (Å²) in [4.78, 5) is 1.56. The van der Waals surface area contributed by atoms with Crippen LogP contribution >= 0.6 is 27.3 Å². The van der Waals surface area contributed by atoms with Crippen molar-refractivity contribution in [2.24, 2.45) is 17.3 Å². The molecule has 1 saturated carbocycles. The van der Waals surface area contributed by atoms with Crippen molar-refractivity contribution >= 4 is 27.3 Å². The Bertz CT molecular complexity index is 424. The minimum Gasteiger partial charge on any atom is -0.316 e. The van der Waals surface area contributed by atoms with Gasteiger partial charge in [0.25, 0.3) is 0 Å². The molecule has 20 heavy (non-hydrogen) atoms. The second-order valence-corrected chi connectivity index (χ2v) is 9.26. The fourth-order valence-corrected chi connectivity index (χ4v) is 5.18. The van der Waals surface area contributed by atoms with Crippen LogP contribution in [0, 0.1) is 17.3 Å². The van der Waals surface area contributed by atoms with Crippen LogP contribution in [-0.4, -0.2) is 13.1 Å². The molecule has 0 aliphatic heterocycles. The summed E-state index contributed by atoms with van der Waals surface area (Å²) >= 11 is 5.67. The van der Waals surface area contributed by atoms with Gasteiger partial charge in [-0.2, -0.15) is 0 Å². The first kappa shape index (κ1) is 16.5. The lowest BCUT2D eigenvalue weighted by atomic mass is 9.66. The summed E-state index contributed by atoms with van der Waals surface area (Å²) in [5, 5.41) is 5.90. The molecule has 1 nitrogen and oxygen atoms in total. The highest BCUT2D eigenvalue weighted by molar-refractivity contribution is 9.10. The van der Waals surface area contributed by atoms with E-state index in [0.717, 1.165) is 18.4 Å². The van der Waals surface area contributed by atoms with Gasteiger partial charge in [-0.25, -0.2) is 0 Å². The average molecular weight is 358 g/mol. The highest BCUT2D eigenvalue weighted by Gasteiger charge is 2.36. The third kappa shape index (κ3) is 4.32. The van der Waals surface area contributed by atoms with Gasteiger partial charge in [-0.3, -0.25) is 0 Å². The molecule has 0 radical (unpaired) electrons. The van der Waals surface area contributed by atoms with E-state index in [9.17, 15) is 0 Å². The number of rotatable bonds is 5. The molecule has 2 unspecified atom stereocenters. The van der Waals surface area contributed by atoms with Crippen molar-refractivity contribution in [1.82, 2.24) is 5.32 Å². The fourth-order valence-electron chi connectivity index (χ4n) is 3.32. The first-order valence-corrected chi connectivity index (χ1v) is 9.50. The molecule has 1 aromatic heterocycles. The monoisotopic (exact) mass is 357 g/mol. The van der Waals surface area contributed by atoms with E-state index in [-0.39, 0.29) is 0 Å². The standard InChI is InChI=1S/C17H28BrNS/c1-12(2)10-19-11-13-5-7-17(3,4)9-14(13)16-15(18)6-8-20-16/h6,8,12-14,19H,5,7,9-11H2,1-4H3. The van der Waals surface area contributed by atoms with Gasteiger partial charge in [0.15, 0.2) is 0 Å². The molecule has 1 fully saturated rings. The molecule has 1 N–H and O–H groups in total. The predicted octanol–water partition coefficient (Wildman–Crippen LogP) is 5.67. The zero-order valence-corrected chi connectivity index (χ0v) is 15.6. The quantitative estimate of drug-likeness (QED) is 0.715. The lowest BCUT2D eigenvalue weighted by Gasteiger charge is -2.41. The smallest absolute Gasteiger partial charge is 0.0317 e. The van der Waals surface area contributed by atoms with E-state index >= 15 is 0 Å². The van der Waals surface area contributed by atoms with Crippen molar-refractivity contribution in [3.8, 4) is 0 Å². The molecule has 2 rings (SSSR count). The van der Waals surface area contributed by atoms with Crippen LogP contribution in [-0.2, 0) is 0 Å². The highest BCUT2D eigenvalue weighted by Crippen LogP contribution is 2.49. The molecule has 0 bridgehead atoms. The third-order valence-electron chi connectivity index (χ3n) is 4.47. The molecule has 1 aliphatic carbocycles. The molecular formula is C17H28BrNS. The van der Waals surface area contributed by atoms with Gasteiger partial charge in [0.2, 0.25) is 0 Å². The van der Waals surface area contributed by atoms with Gasteiger partial charge < -0.3 is 5.32 Å². The average Bonchev–Trinajstić information content (AvgIpc) is 2.76. The molecule has 0 saturated heterocycles. The molecular weight excluding hydrogens is 330 g/mol. The van der Waals surface area contributed by atoms with Gasteiger partial charge >= 0.3 is 0 Å². The topological polar surface area (TPSA) is 12.0 Å². The van der Waals surface area contributed by atoms with Crippen molar-refractivity contribution in [3.05, 3.63) is 20.8 Å². The molecule has 0 aromatic carbocycles. The fraction of sp³-hybridized carbons (Fsp3) is 0.765. The normalized spacial score (nSPS) is 26.1. The summed E-state index contributed by atoms with van der Waals surface area (Å²) in [5.74, 6) is 2.24. The van der Waals surface area contributed by atoms with Gasteiger partial charge in [0, 0.05) is 9.35 Å². The Balaban J connectivity index is 2.07. The Hall–Kier alpha value is 0.140. The van der Waals surface area contributed by atoms with Gasteiger partial charge in [-0.15, -0.1) is 11.3 Å². The van der Waals surface area contributed by atoms with E-state index in [1.54, 1.807) is 4.88 Å². The molecule has 2 atom stereocenters. The van der Waals surface area contributed by atoms with E-state index in [1.807, 2.05) is 11.3 Å². The van der Waals surface area contributed by atoms with Crippen LogP contribution < -0.4 is 5.32 Å². The summed E-state index contributed by atoms with van der Waals surface area (Å²) < 4.78 is 1.32. The second kappa shape index (κ2) is 6.93. The minimum absolute atomic E-state index is 0.489. The first-order chi connectivity index (χ1) is 9.39. The number of nitrogens with one attached hydrogen (secondary N) is 1. The Kier molecular flexibility index (Phi) is 5.72. The predicted molar refractivity (Wildman–Crippen MR) is 93.6 cm³/mol. The molecule has 0 spiro atoms. The van der Waals surface area contributed by atoms with E-state index in [0.29, 0.717) is 11.3 Å². The maximum atomic E-state index is 3.75. The van der Waals surface area contributed by atoms with Crippen LogP contribution in [0.2, 0.25) is 0 Å². The van der Waals surface area contributed by atoms with Gasteiger partial charge in [0.05, 0.1) is 0 Å².